The maximum Gasteiger partial charge on any atom is 0.310 e. The number of carbonyl (C=O) groups excluding carboxylic acids is 1. The van der Waals surface area contributed by atoms with Crippen LogP contribution in [0.4, 0.5) is 0 Å². The zero-order chi connectivity index (χ0) is 19.2. The van der Waals surface area contributed by atoms with Gasteiger partial charge in [-0.15, -0.1) is 0 Å². The van der Waals surface area contributed by atoms with Crippen LogP contribution in [0.5, 0.6) is 11.5 Å². The van der Waals surface area contributed by atoms with Crippen LogP contribution in [-0.2, 0) is 22.6 Å². The standard InChI is InChI=1S/C25H20O3/c26-25(17-20-12-8-11-19-9-4-6-15-23(19)20)27-18-21-10-5-7-16-24(21)28-22-13-2-1-3-14-22/h1-16H,17-18H2. The largest absolute Gasteiger partial charge is 0.460 e. The second-order valence-electron chi connectivity index (χ2n) is 6.50. The smallest absolute Gasteiger partial charge is 0.310 e. The van der Waals surface area contributed by atoms with Gasteiger partial charge in [-0.25, -0.2) is 0 Å². The molecule has 0 radical (unpaired) electrons. The van der Waals surface area contributed by atoms with Crippen LogP contribution in [0.1, 0.15) is 11.1 Å². The van der Waals surface area contributed by atoms with Crippen LogP contribution in [0, 0.1) is 0 Å². The molecule has 0 heterocycles. The van der Waals surface area contributed by atoms with E-state index in [1.54, 1.807) is 0 Å². The van der Waals surface area contributed by atoms with Crippen molar-refractivity contribution in [2.75, 3.05) is 0 Å². The molecule has 0 aliphatic rings. The monoisotopic (exact) mass is 368 g/mol. The molecule has 3 heteroatoms. The zero-order valence-corrected chi connectivity index (χ0v) is 15.4. The number of benzene rings is 4. The predicted molar refractivity (Wildman–Crippen MR) is 110 cm³/mol. The van der Waals surface area contributed by atoms with Crippen molar-refractivity contribution in [3.05, 3.63) is 108 Å². The molecule has 0 aliphatic carbocycles. The molecule has 4 aromatic carbocycles. The van der Waals surface area contributed by atoms with Crippen LogP contribution >= 0.6 is 0 Å². The Morgan fingerprint density at radius 3 is 2.25 bits per heavy atom. The number of rotatable bonds is 6. The Balaban J connectivity index is 1.44. The summed E-state index contributed by atoms with van der Waals surface area (Å²) in [5.41, 5.74) is 1.80. The molecular formula is C25H20O3. The third-order valence-electron chi connectivity index (χ3n) is 4.55. The minimum Gasteiger partial charge on any atom is -0.460 e. The van der Waals surface area contributed by atoms with Gasteiger partial charge in [0.15, 0.2) is 0 Å². The quantitative estimate of drug-likeness (QED) is 0.396. The van der Waals surface area contributed by atoms with E-state index in [-0.39, 0.29) is 19.0 Å². The first-order valence-corrected chi connectivity index (χ1v) is 9.23. The lowest BCUT2D eigenvalue weighted by atomic mass is 10.0. The highest BCUT2D eigenvalue weighted by atomic mass is 16.5. The molecule has 0 amide bonds. The van der Waals surface area contributed by atoms with Crippen LogP contribution in [0.2, 0.25) is 0 Å². The van der Waals surface area contributed by atoms with Crippen molar-refractivity contribution < 1.29 is 14.3 Å². The average Bonchev–Trinajstić information content (AvgIpc) is 2.74. The first-order valence-electron chi connectivity index (χ1n) is 9.23. The molecule has 3 nitrogen and oxygen atoms in total. The molecule has 0 fully saturated rings. The van der Waals surface area contributed by atoms with Gasteiger partial charge in [0.05, 0.1) is 6.42 Å². The van der Waals surface area contributed by atoms with Gasteiger partial charge in [-0.3, -0.25) is 4.79 Å². The van der Waals surface area contributed by atoms with E-state index in [2.05, 4.69) is 0 Å². The van der Waals surface area contributed by atoms with E-state index >= 15 is 0 Å². The lowest BCUT2D eigenvalue weighted by Gasteiger charge is -2.12. The van der Waals surface area contributed by atoms with E-state index in [0.717, 1.165) is 27.6 Å². The number of para-hydroxylation sites is 2. The Kier molecular flexibility index (Phi) is 5.34. The molecule has 0 N–H and O–H groups in total. The van der Waals surface area contributed by atoms with Gasteiger partial charge in [-0.1, -0.05) is 78.9 Å². The number of ether oxygens (including phenoxy) is 2. The molecule has 0 aromatic heterocycles. The fourth-order valence-corrected chi connectivity index (χ4v) is 3.15. The Bertz CT molecular complexity index is 1080. The van der Waals surface area contributed by atoms with Gasteiger partial charge in [0.1, 0.15) is 18.1 Å². The molecule has 0 aliphatic heterocycles. The third-order valence-corrected chi connectivity index (χ3v) is 4.55. The molecule has 4 aromatic rings. The Morgan fingerprint density at radius 2 is 1.36 bits per heavy atom. The number of hydrogen-bond donors (Lipinski definition) is 0. The van der Waals surface area contributed by atoms with Crippen molar-refractivity contribution in [1.29, 1.82) is 0 Å². The van der Waals surface area contributed by atoms with Gasteiger partial charge < -0.3 is 9.47 Å². The van der Waals surface area contributed by atoms with Crippen LogP contribution in [0.25, 0.3) is 10.8 Å². The van der Waals surface area contributed by atoms with E-state index in [4.69, 9.17) is 9.47 Å². The molecule has 0 saturated heterocycles. The van der Waals surface area contributed by atoms with Crippen molar-refractivity contribution in [3.8, 4) is 11.5 Å². The summed E-state index contributed by atoms with van der Waals surface area (Å²) < 4.78 is 11.5. The zero-order valence-electron chi connectivity index (χ0n) is 15.4. The van der Waals surface area contributed by atoms with Gasteiger partial charge in [-0.05, 0) is 34.5 Å². The topological polar surface area (TPSA) is 35.5 Å². The normalized spacial score (nSPS) is 10.6. The summed E-state index contributed by atoms with van der Waals surface area (Å²) in [4.78, 5) is 12.4. The van der Waals surface area contributed by atoms with Crippen molar-refractivity contribution in [3.63, 3.8) is 0 Å². The van der Waals surface area contributed by atoms with Crippen molar-refractivity contribution in [1.82, 2.24) is 0 Å². The van der Waals surface area contributed by atoms with Gasteiger partial charge in [0.25, 0.3) is 0 Å². The lowest BCUT2D eigenvalue weighted by molar-refractivity contribution is -0.144. The van der Waals surface area contributed by atoms with Crippen molar-refractivity contribution in [2.24, 2.45) is 0 Å². The summed E-state index contributed by atoms with van der Waals surface area (Å²) in [6, 6.07) is 31.2. The summed E-state index contributed by atoms with van der Waals surface area (Å²) in [5, 5.41) is 2.20. The number of esters is 1. The van der Waals surface area contributed by atoms with Gasteiger partial charge in [0.2, 0.25) is 0 Å². The van der Waals surface area contributed by atoms with E-state index in [1.165, 1.54) is 0 Å². The number of hydrogen-bond acceptors (Lipinski definition) is 3. The first kappa shape index (κ1) is 17.8. The number of fused-ring (bicyclic) bond motifs is 1. The molecule has 0 spiro atoms. The second kappa shape index (κ2) is 8.40. The van der Waals surface area contributed by atoms with E-state index in [9.17, 15) is 4.79 Å². The van der Waals surface area contributed by atoms with Crippen LogP contribution in [0.3, 0.4) is 0 Å². The lowest BCUT2D eigenvalue weighted by Crippen LogP contribution is -2.08. The van der Waals surface area contributed by atoms with Gasteiger partial charge in [-0.2, -0.15) is 0 Å². The number of carbonyl (C=O) groups is 1. The highest BCUT2D eigenvalue weighted by molar-refractivity contribution is 5.88. The maximum atomic E-state index is 12.4. The van der Waals surface area contributed by atoms with E-state index in [0.29, 0.717) is 5.75 Å². The SMILES string of the molecule is O=C(Cc1cccc2ccccc12)OCc1ccccc1Oc1ccccc1. The summed E-state index contributed by atoms with van der Waals surface area (Å²) >= 11 is 0. The molecular weight excluding hydrogens is 348 g/mol. The fourth-order valence-electron chi connectivity index (χ4n) is 3.15. The predicted octanol–water partition coefficient (Wildman–Crippen LogP) is 5.92. The Morgan fingerprint density at radius 1 is 0.679 bits per heavy atom. The Labute approximate surface area is 164 Å². The van der Waals surface area contributed by atoms with Gasteiger partial charge >= 0.3 is 5.97 Å². The summed E-state index contributed by atoms with van der Waals surface area (Å²) in [6.07, 6.45) is 0.239. The average molecular weight is 368 g/mol. The molecule has 4 rings (SSSR count). The van der Waals surface area contributed by atoms with Crippen molar-refractivity contribution in [2.45, 2.75) is 13.0 Å². The van der Waals surface area contributed by atoms with Crippen LogP contribution in [0.15, 0.2) is 97.1 Å². The molecule has 0 atom stereocenters. The molecule has 0 unspecified atom stereocenters. The first-order chi connectivity index (χ1) is 13.8. The summed E-state index contributed by atoms with van der Waals surface area (Å²) in [6.45, 7) is 0.173. The van der Waals surface area contributed by atoms with Gasteiger partial charge in [0, 0.05) is 5.56 Å². The second-order valence-corrected chi connectivity index (χ2v) is 6.50. The van der Waals surface area contributed by atoms with Crippen LogP contribution in [-0.4, -0.2) is 5.97 Å². The fraction of sp³-hybridized carbons (Fsp3) is 0.0800. The molecule has 0 bridgehead atoms. The Hall–Kier alpha value is -3.59. The summed E-state index contributed by atoms with van der Waals surface area (Å²) in [7, 11) is 0. The third kappa shape index (κ3) is 4.21. The highest BCUT2D eigenvalue weighted by Gasteiger charge is 2.11. The molecule has 0 saturated carbocycles. The minimum atomic E-state index is -0.258. The van der Waals surface area contributed by atoms with E-state index in [1.807, 2.05) is 97.1 Å². The minimum absolute atomic E-state index is 0.173. The highest BCUT2D eigenvalue weighted by Crippen LogP contribution is 2.26. The molecule has 28 heavy (non-hydrogen) atoms. The van der Waals surface area contributed by atoms with E-state index < -0.39 is 0 Å². The summed E-state index contributed by atoms with van der Waals surface area (Å²) in [5.74, 6) is 1.18. The molecule has 138 valence electrons. The van der Waals surface area contributed by atoms with Crippen LogP contribution < -0.4 is 4.74 Å². The maximum absolute atomic E-state index is 12.4. The van der Waals surface area contributed by atoms with Crippen molar-refractivity contribution >= 4 is 16.7 Å².